The van der Waals surface area contributed by atoms with Crippen LogP contribution >= 0.6 is 0 Å². The zero-order valence-corrected chi connectivity index (χ0v) is 23.5. The second-order valence-electron chi connectivity index (χ2n) is 10.8. The van der Waals surface area contributed by atoms with E-state index in [0.29, 0.717) is 0 Å². The average molecular weight is 546 g/mol. The monoisotopic (exact) mass is 545 g/mol. The van der Waals surface area contributed by atoms with Gasteiger partial charge >= 0.3 is 0 Å². The summed E-state index contributed by atoms with van der Waals surface area (Å²) in [6, 6.07) is 24.4. The van der Waals surface area contributed by atoms with Crippen molar-refractivity contribution in [2.75, 3.05) is 26.2 Å². The number of nitrogens with zero attached hydrogens (tertiary/aromatic N) is 2. The molecule has 0 aromatic heterocycles. The molecule has 3 N–H and O–H groups in total. The third-order valence-corrected chi connectivity index (χ3v) is 9.31. The van der Waals surface area contributed by atoms with Crippen LogP contribution in [0.5, 0.6) is 0 Å². The molecule has 8 heteroatoms. The van der Waals surface area contributed by atoms with Gasteiger partial charge in [-0.3, -0.25) is 15.2 Å². The Hall–Kier alpha value is -3.20. The Morgan fingerprint density at radius 1 is 0.846 bits per heavy atom. The number of benzene rings is 3. The first-order chi connectivity index (χ1) is 18.9. The van der Waals surface area contributed by atoms with Crippen LogP contribution in [-0.2, 0) is 36.0 Å². The van der Waals surface area contributed by atoms with Crippen LogP contribution in [0.1, 0.15) is 40.7 Å². The van der Waals surface area contributed by atoms with Crippen molar-refractivity contribution in [1.29, 1.82) is 5.41 Å². The highest BCUT2D eigenvalue weighted by Crippen LogP contribution is 2.22. The SMILES string of the molecule is Cc1ccccc1CN1CCc2ccc(S(=O)(=O)NC(=N)NC3CCN(Cc4ccccc4)CC3)cc2CC1. The fourth-order valence-electron chi connectivity index (χ4n) is 5.61. The number of hydrogen-bond acceptors (Lipinski definition) is 5. The van der Waals surface area contributed by atoms with Gasteiger partial charge < -0.3 is 5.32 Å². The lowest BCUT2D eigenvalue weighted by Crippen LogP contribution is -2.49. The fourth-order valence-corrected chi connectivity index (χ4v) is 6.60. The maximum atomic E-state index is 13.1. The summed E-state index contributed by atoms with van der Waals surface area (Å²) in [5.41, 5.74) is 6.22. The highest BCUT2D eigenvalue weighted by Gasteiger charge is 2.23. The predicted octanol–water partition coefficient (Wildman–Crippen LogP) is 4.06. The highest BCUT2D eigenvalue weighted by molar-refractivity contribution is 7.90. The van der Waals surface area contributed by atoms with Gasteiger partial charge in [-0.2, -0.15) is 0 Å². The smallest absolute Gasteiger partial charge is 0.264 e. The normalized spacial score (nSPS) is 17.3. The zero-order chi connectivity index (χ0) is 27.2. The van der Waals surface area contributed by atoms with E-state index in [1.54, 1.807) is 12.1 Å². The van der Waals surface area contributed by atoms with Crippen LogP contribution in [0.4, 0.5) is 0 Å². The summed E-state index contributed by atoms with van der Waals surface area (Å²) in [6.07, 6.45) is 3.45. The first-order valence-electron chi connectivity index (χ1n) is 13.9. The lowest BCUT2D eigenvalue weighted by molar-refractivity contribution is 0.198. The van der Waals surface area contributed by atoms with Crippen molar-refractivity contribution in [3.8, 4) is 0 Å². The van der Waals surface area contributed by atoms with Crippen molar-refractivity contribution in [2.24, 2.45) is 0 Å². The van der Waals surface area contributed by atoms with Gasteiger partial charge in [0.2, 0.25) is 5.96 Å². The molecule has 0 atom stereocenters. The molecule has 206 valence electrons. The third kappa shape index (κ3) is 7.26. The van der Waals surface area contributed by atoms with Crippen LogP contribution in [0.3, 0.4) is 0 Å². The molecule has 0 spiro atoms. The van der Waals surface area contributed by atoms with Gasteiger partial charge in [0.15, 0.2) is 0 Å². The van der Waals surface area contributed by atoms with Gasteiger partial charge in [-0.05, 0) is 72.6 Å². The number of hydrogen-bond donors (Lipinski definition) is 3. The standard InChI is InChI=1S/C31H39N5O2S/c1-24-7-5-6-10-28(24)23-36-17-13-26-11-12-30(21-27(26)14-18-36)39(37,38)34-31(32)33-29-15-19-35(20-16-29)22-25-8-3-2-4-9-25/h2-12,21,29H,13-20,22-23H2,1H3,(H3,32,33,34). The Morgan fingerprint density at radius 3 is 2.26 bits per heavy atom. The van der Waals surface area contributed by atoms with Gasteiger partial charge in [-0.1, -0.05) is 60.7 Å². The molecule has 3 aromatic carbocycles. The van der Waals surface area contributed by atoms with Crippen molar-refractivity contribution in [1.82, 2.24) is 19.8 Å². The second-order valence-corrected chi connectivity index (χ2v) is 12.5. The van der Waals surface area contributed by atoms with Gasteiger partial charge in [0, 0.05) is 45.3 Å². The molecule has 7 nitrogen and oxygen atoms in total. The van der Waals surface area contributed by atoms with Gasteiger partial charge in [-0.15, -0.1) is 0 Å². The summed E-state index contributed by atoms with van der Waals surface area (Å²) >= 11 is 0. The molecule has 1 fully saturated rings. The summed E-state index contributed by atoms with van der Waals surface area (Å²) in [7, 11) is -3.84. The van der Waals surface area contributed by atoms with E-state index in [1.807, 2.05) is 12.1 Å². The molecule has 2 aliphatic rings. The van der Waals surface area contributed by atoms with E-state index < -0.39 is 10.0 Å². The van der Waals surface area contributed by atoms with Gasteiger partial charge in [0.1, 0.15) is 0 Å². The summed E-state index contributed by atoms with van der Waals surface area (Å²) in [4.78, 5) is 5.07. The van der Waals surface area contributed by atoms with Crippen molar-refractivity contribution in [2.45, 2.75) is 56.6 Å². The Bertz CT molecular complexity index is 1390. The largest absolute Gasteiger partial charge is 0.353 e. The molecule has 0 unspecified atom stereocenters. The molecule has 0 aliphatic carbocycles. The van der Waals surface area contributed by atoms with E-state index in [4.69, 9.17) is 5.41 Å². The summed E-state index contributed by atoms with van der Waals surface area (Å²) < 4.78 is 28.7. The molecule has 3 aromatic rings. The molecule has 5 rings (SSSR count). The van der Waals surface area contributed by atoms with E-state index >= 15 is 0 Å². The Kier molecular flexibility index (Phi) is 8.65. The van der Waals surface area contributed by atoms with Crippen LogP contribution in [0.25, 0.3) is 0 Å². The number of rotatable bonds is 7. The van der Waals surface area contributed by atoms with Crippen LogP contribution in [0, 0.1) is 12.3 Å². The van der Waals surface area contributed by atoms with E-state index in [1.165, 1.54) is 22.3 Å². The number of fused-ring (bicyclic) bond motifs is 1. The van der Waals surface area contributed by atoms with Gasteiger partial charge in [0.05, 0.1) is 4.90 Å². The molecule has 0 amide bonds. The maximum Gasteiger partial charge on any atom is 0.264 e. The quantitative estimate of drug-likeness (QED) is 0.308. The minimum atomic E-state index is -3.84. The van der Waals surface area contributed by atoms with Crippen LogP contribution in [0.15, 0.2) is 77.7 Å². The molecule has 1 saturated heterocycles. The molecule has 0 bridgehead atoms. The third-order valence-electron chi connectivity index (χ3n) is 7.96. The summed E-state index contributed by atoms with van der Waals surface area (Å²) in [6.45, 7) is 7.63. The predicted molar refractivity (Wildman–Crippen MR) is 156 cm³/mol. The topological polar surface area (TPSA) is 88.5 Å². The molecule has 0 radical (unpaired) electrons. The first-order valence-corrected chi connectivity index (χ1v) is 15.4. The van der Waals surface area contributed by atoms with Crippen LogP contribution in [0.2, 0.25) is 0 Å². The maximum absolute atomic E-state index is 13.1. The van der Waals surface area contributed by atoms with Crippen molar-refractivity contribution in [3.05, 3.63) is 101 Å². The van der Waals surface area contributed by atoms with E-state index in [-0.39, 0.29) is 16.9 Å². The molecule has 2 aliphatic heterocycles. The van der Waals surface area contributed by atoms with E-state index in [9.17, 15) is 8.42 Å². The minimum absolute atomic E-state index is 0.0819. The van der Waals surface area contributed by atoms with Gasteiger partial charge in [-0.25, -0.2) is 13.1 Å². The zero-order valence-electron chi connectivity index (χ0n) is 22.7. The number of likely N-dealkylation sites (tertiary alicyclic amines) is 1. The number of aryl methyl sites for hydroxylation is 1. The lowest BCUT2D eigenvalue weighted by atomic mass is 10.0. The Labute approximate surface area is 232 Å². The molecule has 2 heterocycles. The van der Waals surface area contributed by atoms with Crippen molar-refractivity contribution in [3.63, 3.8) is 0 Å². The van der Waals surface area contributed by atoms with E-state index in [0.717, 1.165) is 70.5 Å². The average Bonchev–Trinajstić information content (AvgIpc) is 3.13. The second kappa shape index (κ2) is 12.3. The lowest BCUT2D eigenvalue weighted by Gasteiger charge is -2.32. The Balaban J connectivity index is 1.13. The first kappa shape index (κ1) is 27.4. The van der Waals surface area contributed by atoms with Crippen LogP contribution < -0.4 is 10.0 Å². The summed E-state index contributed by atoms with van der Waals surface area (Å²) in [5.74, 6) is -0.157. The number of piperidine rings is 1. The number of sulfonamides is 1. The molecular formula is C31H39N5O2S. The molecule has 0 saturated carbocycles. The van der Waals surface area contributed by atoms with Crippen molar-refractivity contribution >= 4 is 16.0 Å². The number of nitrogens with one attached hydrogen (secondary N) is 3. The number of guanidine groups is 1. The molecular weight excluding hydrogens is 506 g/mol. The van der Waals surface area contributed by atoms with Crippen LogP contribution in [-0.4, -0.2) is 56.4 Å². The van der Waals surface area contributed by atoms with E-state index in [2.05, 4.69) is 75.3 Å². The van der Waals surface area contributed by atoms with Crippen molar-refractivity contribution < 1.29 is 8.42 Å². The molecule has 39 heavy (non-hydrogen) atoms. The minimum Gasteiger partial charge on any atom is -0.353 e. The van der Waals surface area contributed by atoms with Gasteiger partial charge in [0.25, 0.3) is 10.0 Å². The Morgan fingerprint density at radius 2 is 1.51 bits per heavy atom. The fraction of sp³-hybridized carbons (Fsp3) is 0.387. The highest BCUT2D eigenvalue weighted by atomic mass is 32.2. The summed E-state index contributed by atoms with van der Waals surface area (Å²) in [5, 5.41) is 11.4.